The average molecular weight is 244 g/mol. The van der Waals surface area contributed by atoms with Crippen LogP contribution >= 0.6 is 0 Å². The van der Waals surface area contributed by atoms with Crippen molar-refractivity contribution in [1.29, 1.82) is 0 Å². The molecule has 0 aromatic carbocycles. The molecule has 3 nitrogen and oxygen atoms in total. The first-order valence-electron chi connectivity index (χ1n) is 6.81. The SMILES string of the molecule is CC(C)COCCOC1CCCC(C)(C)C1O. The molecular formula is C14H28O3. The third-order valence-corrected chi connectivity index (χ3v) is 3.47. The Kier molecular flexibility index (Phi) is 5.90. The van der Waals surface area contributed by atoms with Gasteiger partial charge in [0.15, 0.2) is 0 Å². The van der Waals surface area contributed by atoms with Crippen molar-refractivity contribution in [2.24, 2.45) is 11.3 Å². The summed E-state index contributed by atoms with van der Waals surface area (Å²) < 4.78 is 11.2. The Morgan fingerprint density at radius 2 is 2.00 bits per heavy atom. The number of hydrogen-bond donors (Lipinski definition) is 1. The number of aliphatic hydroxyl groups excluding tert-OH is 1. The largest absolute Gasteiger partial charge is 0.390 e. The molecule has 1 aliphatic rings. The maximum Gasteiger partial charge on any atom is 0.0852 e. The van der Waals surface area contributed by atoms with Gasteiger partial charge in [-0.15, -0.1) is 0 Å². The van der Waals surface area contributed by atoms with Crippen molar-refractivity contribution >= 4 is 0 Å². The van der Waals surface area contributed by atoms with E-state index in [1.807, 2.05) is 0 Å². The molecule has 1 aliphatic carbocycles. The highest BCUT2D eigenvalue weighted by molar-refractivity contribution is 4.88. The van der Waals surface area contributed by atoms with Crippen LogP contribution in [0.3, 0.4) is 0 Å². The highest BCUT2D eigenvalue weighted by Gasteiger charge is 2.38. The fourth-order valence-corrected chi connectivity index (χ4v) is 2.32. The molecule has 17 heavy (non-hydrogen) atoms. The van der Waals surface area contributed by atoms with E-state index in [-0.39, 0.29) is 17.6 Å². The minimum Gasteiger partial charge on any atom is -0.390 e. The third kappa shape index (κ3) is 4.94. The van der Waals surface area contributed by atoms with Gasteiger partial charge in [-0.05, 0) is 24.2 Å². The van der Waals surface area contributed by atoms with E-state index in [9.17, 15) is 5.11 Å². The monoisotopic (exact) mass is 244 g/mol. The number of ether oxygens (including phenoxy) is 2. The van der Waals surface area contributed by atoms with E-state index in [1.165, 1.54) is 0 Å². The standard InChI is InChI=1S/C14H28O3/c1-11(2)10-16-8-9-17-12-6-5-7-14(3,4)13(12)15/h11-13,15H,5-10H2,1-4H3. The molecule has 0 heterocycles. The first kappa shape index (κ1) is 14.9. The lowest BCUT2D eigenvalue weighted by Crippen LogP contribution is -2.44. The molecule has 0 aliphatic heterocycles. The van der Waals surface area contributed by atoms with Gasteiger partial charge in [0, 0.05) is 6.61 Å². The molecule has 0 aromatic rings. The molecule has 1 saturated carbocycles. The van der Waals surface area contributed by atoms with Gasteiger partial charge in [0.25, 0.3) is 0 Å². The Bertz CT molecular complexity index is 214. The van der Waals surface area contributed by atoms with Crippen molar-refractivity contribution in [3.05, 3.63) is 0 Å². The summed E-state index contributed by atoms with van der Waals surface area (Å²) in [5, 5.41) is 10.2. The van der Waals surface area contributed by atoms with E-state index in [4.69, 9.17) is 9.47 Å². The molecule has 1 fully saturated rings. The van der Waals surface area contributed by atoms with Gasteiger partial charge in [-0.3, -0.25) is 0 Å². The van der Waals surface area contributed by atoms with Gasteiger partial charge in [-0.25, -0.2) is 0 Å². The van der Waals surface area contributed by atoms with E-state index in [1.54, 1.807) is 0 Å². The quantitative estimate of drug-likeness (QED) is 0.730. The molecule has 0 aromatic heterocycles. The predicted octanol–water partition coefficient (Wildman–Crippen LogP) is 2.62. The summed E-state index contributed by atoms with van der Waals surface area (Å²) in [5.41, 5.74) is -0.0122. The van der Waals surface area contributed by atoms with Crippen LogP contribution in [0.4, 0.5) is 0 Å². The Morgan fingerprint density at radius 1 is 1.29 bits per heavy atom. The molecule has 102 valence electrons. The minimum atomic E-state index is -0.346. The summed E-state index contributed by atoms with van der Waals surface area (Å²) in [7, 11) is 0. The molecule has 0 spiro atoms. The summed E-state index contributed by atoms with van der Waals surface area (Å²) in [4.78, 5) is 0. The second-order valence-electron chi connectivity index (χ2n) is 6.20. The van der Waals surface area contributed by atoms with Crippen molar-refractivity contribution in [2.45, 2.75) is 59.2 Å². The van der Waals surface area contributed by atoms with E-state index >= 15 is 0 Å². The lowest BCUT2D eigenvalue weighted by molar-refractivity contribution is -0.120. The van der Waals surface area contributed by atoms with Crippen LogP contribution in [-0.4, -0.2) is 37.1 Å². The van der Waals surface area contributed by atoms with Crippen molar-refractivity contribution in [1.82, 2.24) is 0 Å². The number of hydrogen-bond acceptors (Lipinski definition) is 3. The van der Waals surface area contributed by atoms with Crippen molar-refractivity contribution < 1.29 is 14.6 Å². The minimum absolute atomic E-state index is 0.0122. The van der Waals surface area contributed by atoms with Crippen LogP contribution in [0.25, 0.3) is 0 Å². The topological polar surface area (TPSA) is 38.7 Å². The van der Waals surface area contributed by atoms with E-state index in [0.29, 0.717) is 19.1 Å². The van der Waals surface area contributed by atoms with Crippen molar-refractivity contribution in [3.63, 3.8) is 0 Å². The van der Waals surface area contributed by atoms with Crippen LogP contribution in [0.5, 0.6) is 0 Å². The van der Waals surface area contributed by atoms with Crippen molar-refractivity contribution in [3.8, 4) is 0 Å². The van der Waals surface area contributed by atoms with E-state index in [2.05, 4.69) is 27.7 Å². The van der Waals surface area contributed by atoms with E-state index < -0.39 is 0 Å². The molecule has 1 rings (SSSR count). The van der Waals surface area contributed by atoms with Crippen LogP contribution in [0.2, 0.25) is 0 Å². The summed E-state index contributed by atoms with van der Waals surface area (Å²) in [6.45, 7) is 10.5. The third-order valence-electron chi connectivity index (χ3n) is 3.47. The lowest BCUT2D eigenvalue weighted by Gasteiger charge is -2.40. The predicted molar refractivity (Wildman–Crippen MR) is 69.0 cm³/mol. The molecular weight excluding hydrogens is 216 g/mol. The molecule has 3 heteroatoms. The van der Waals surface area contributed by atoms with Crippen LogP contribution in [0.1, 0.15) is 47.0 Å². The molecule has 1 N–H and O–H groups in total. The fraction of sp³-hybridized carbons (Fsp3) is 1.00. The normalized spacial score (nSPS) is 28.6. The Hall–Kier alpha value is -0.120. The fourth-order valence-electron chi connectivity index (χ4n) is 2.32. The highest BCUT2D eigenvalue weighted by Crippen LogP contribution is 2.36. The maximum atomic E-state index is 10.2. The van der Waals surface area contributed by atoms with Crippen molar-refractivity contribution in [2.75, 3.05) is 19.8 Å². The van der Waals surface area contributed by atoms with Gasteiger partial charge in [0.2, 0.25) is 0 Å². The van der Waals surface area contributed by atoms with Gasteiger partial charge in [-0.2, -0.15) is 0 Å². The van der Waals surface area contributed by atoms with Crippen LogP contribution in [0.15, 0.2) is 0 Å². The van der Waals surface area contributed by atoms with Crippen LogP contribution < -0.4 is 0 Å². The summed E-state index contributed by atoms with van der Waals surface area (Å²) in [5.74, 6) is 0.564. The van der Waals surface area contributed by atoms with Crippen LogP contribution in [-0.2, 0) is 9.47 Å². The summed E-state index contributed by atoms with van der Waals surface area (Å²) in [6, 6.07) is 0. The first-order chi connectivity index (χ1) is 7.93. The van der Waals surface area contributed by atoms with E-state index in [0.717, 1.165) is 25.9 Å². The van der Waals surface area contributed by atoms with Gasteiger partial charge >= 0.3 is 0 Å². The Morgan fingerprint density at radius 3 is 2.65 bits per heavy atom. The number of aliphatic hydroxyl groups is 1. The zero-order chi connectivity index (χ0) is 12.9. The second-order valence-corrected chi connectivity index (χ2v) is 6.20. The molecule has 2 atom stereocenters. The maximum absolute atomic E-state index is 10.2. The lowest BCUT2D eigenvalue weighted by atomic mass is 9.73. The highest BCUT2D eigenvalue weighted by atomic mass is 16.5. The van der Waals surface area contributed by atoms with Gasteiger partial charge in [0.1, 0.15) is 0 Å². The summed E-state index contributed by atoms with van der Waals surface area (Å²) >= 11 is 0. The molecule has 0 radical (unpaired) electrons. The van der Waals surface area contributed by atoms with Gasteiger partial charge in [0.05, 0.1) is 25.4 Å². The first-order valence-corrected chi connectivity index (χ1v) is 6.81. The Balaban J connectivity index is 2.18. The van der Waals surface area contributed by atoms with Crippen LogP contribution in [0, 0.1) is 11.3 Å². The molecule has 2 unspecified atom stereocenters. The molecule has 0 amide bonds. The second kappa shape index (κ2) is 6.72. The zero-order valence-corrected chi connectivity index (χ0v) is 11.7. The zero-order valence-electron chi connectivity index (χ0n) is 11.7. The van der Waals surface area contributed by atoms with Gasteiger partial charge in [-0.1, -0.05) is 34.1 Å². The number of rotatable bonds is 6. The van der Waals surface area contributed by atoms with Gasteiger partial charge < -0.3 is 14.6 Å². The Labute approximate surface area is 105 Å². The smallest absolute Gasteiger partial charge is 0.0852 e. The summed E-state index contributed by atoms with van der Waals surface area (Å²) in [6.07, 6.45) is 2.83. The molecule has 0 saturated heterocycles. The average Bonchev–Trinajstić information content (AvgIpc) is 2.23. The molecule has 0 bridgehead atoms.